The topological polar surface area (TPSA) is 26.3 Å². The van der Waals surface area contributed by atoms with Crippen molar-refractivity contribution in [3.63, 3.8) is 0 Å². The molecule has 2 aromatic rings. The molecule has 0 N–H and O–H groups in total. The lowest BCUT2D eigenvalue weighted by molar-refractivity contribution is 0.111. The third kappa shape index (κ3) is 3.05. The molecule has 2 rings (SSSR count). The Balaban J connectivity index is 2.36. The highest BCUT2D eigenvalue weighted by Crippen LogP contribution is 2.30. The van der Waals surface area contributed by atoms with Crippen LogP contribution in [0.1, 0.15) is 36.7 Å². The molecule has 0 fully saturated rings. The maximum Gasteiger partial charge on any atom is 0.156 e. The van der Waals surface area contributed by atoms with Crippen LogP contribution < -0.4 is 4.74 Å². The number of hydrogen-bond acceptors (Lipinski definition) is 2. The summed E-state index contributed by atoms with van der Waals surface area (Å²) in [5, 5.41) is 0. The molecule has 0 saturated heterocycles. The van der Waals surface area contributed by atoms with Crippen LogP contribution in [0, 0.1) is 5.82 Å². The molecule has 0 unspecified atom stereocenters. The van der Waals surface area contributed by atoms with Crippen molar-refractivity contribution < 1.29 is 13.9 Å². The van der Waals surface area contributed by atoms with Crippen molar-refractivity contribution in [3.8, 4) is 11.5 Å². The third-order valence-electron chi connectivity index (χ3n) is 3.06. The summed E-state index contributed by atoms with van der Waals surface area (Å²) in [7, 11) is 0. The Hall–Kier alpha value is -2.16. The first-order valence-corrected chi connectivity index (χ1v) is 6.44. The smallest absolute Gasteiger partial charge is 0.156 e. The highest BCUT2D eigenvalue weighted by Gasteiger charge is 2.15. The zero-order valence-corrected chi connectivity index (χ0v) is 11.8. The summed E-state index contributed by atoms with van der Waals surface area (Å²) in [6.45, 7) is 6.31. The van der Waals surface area contributed by atoms with Gasteiger partial charge in [-0.3, -0.25) is 4.79 Å². The van der Waals surface area contributed by atoms with Gasteiger partial charge in [-0.2, -0.15) is 0 Å². The quantitative estimate of drug-likeness (QED) is 0.755. The molecule has 0 radical (unpaired) electrons. The fraction of sp³-hybridized carbons (Fsp3) is 0.235. The van der Waals surface area contributed by atoms with E-state index in [1.165, 1.54) is 12.1 Å². The summed E-state index contributed by atoms with van der Waals surface area (Å²) in [5.74, 6) is 0.238. The van der Waals surface area contributed by atoms with E-state index < -0.39 is 5.82 Å². The number of hydrogen-bond donors (Lipinski definition) is 0. The predicted octanol–water partition coefficient (Wildman–Crippen LogP) is 4.73. The zero-order valence-electron chi connectivity index (χ0n) is 11.8. The van der Waals surface area contributed by atoms with Crippen LogP contribution in [-0.4, -0.2) is 6.29 Å². The van der Waals surface area contributed by atoms with E-state index in [-0.39, 0.29) is 16.7 Å². The van der Waals surface area contributed by atoms with Crippen molar-refractivity contribution in [1.29, 1.82) is 0 Å². The fourth-order valence-corrected chi connectivity index (χ4v) is 1.87. The van der Waals surface area contributed by atoms with E-state index in [9.17, 15) is 9.18 Å². The monoisotopic (exact) mass is 272 g/mol. The summed E-state index contributed by atoms with van der Waals surface area (Å²) in [4.78, 5) is 10.9. The van der Waals surface area contributed by atoms with Gasteiger partial charge in [-0.1, -0.05) is 39.0 Å². The van der Waals surface area contributed by atoms with Gasteiger partial charge in [0.2, 0.25) is 0 Å². The molecule has 20 heavy (non-hydrogen) atoms. The largest absolute Gasteiger partial charge is 0.457 e. The predicted molar refractivity (Wildman–Crippen MR) is 77.0 cm³/mol. The average Bonchev–Trinajstić information content (AvgIpc) is 2.38. The van der Waals surface area contributed by atoms with E-state index in [1.807, 2.05) is 18.2 Å². The Kier molecular flexibility index (Phi) is 3.89. The third-order valence-corrected chi connectivity index (χ3v) is 3.06. The van der Waals surface area contributed by atoms with Crippen molar-refractivity contribution in [2.75, 3.05) is 0 Å². The van der Waals surface area contributed by atoms with Gasteiger partial charge in [0.05, 0.1) is 5.56 Å². The number of ether oxygens (including phenoxy) is 1. The molecule has 0 amide bonds. The first-order chi connectivity index (χ1) is 9.41. The molecule has 104 valence electrons. The van der Waals surface area contributed by atoms with Crippen LogP contribution in [0.15, 0.2) is 42.5 Å². The lowest BCUT2D eigenvalue weighted by atomic mass is 9.87. The van der Waals surface area contributed by atoms with Crippen molar-refractivity contribution in [2.45, 2.75) is 26.2 Å². The van der Waals surface area contributed by atoms with Gasteiger partial charge in [-0.15, -0.1) is 0 Å². The van der Waals surface area contributed by atoms with Gasteiger partial charge in [-0.05, 0) is 35.2 Å². The van der Waals surface area contributed by atoms with Crippen LogP contribution in [0.2, 0.25) is 0 Å². The molecule has 0 bridgehead atoms. The molecule has 0 spiro atoms. The summed E-state index contributed by atoms with van der Waals surface area (Å²) in [5.41, 5.74) is 1.04. The summed E-state index contributed by atoms with van der Waals surface area (Å²) in [6, 6.07) is 11.9. The molecule has 3 heteroatoms. The molecule has 0 aliphatic carbocycles. The Morgan fingerprint density at radius 1 is 1.10 bits per heavy atom. The maximum absolute atomic E-state index is 13.5. The Morgan fingerprint density at radius 3 is 2.45 bits per heavy atom. The van der Waals surface area contributed by atoms with Crippen molar-refractivity contribution >= 4 is 6.29 Å². The van der Waals surface area contributed by atoms with Crippen LogP contribution >= 0.6 is 0 Å². The van der Waals surface area contributed by atoms with Gasteiger partial charge in [0, 0.05) is 0 Å². The standard InChI is InChI=1S/C17H17FO2/c1-17(2,3)12-6-4-7-13(10-12)20-16-9-5-8-15(18)14(16)11-19/h4-11H,1-3H3. The van der Waals surface area contributed by atoms with Crippen molar-refractivity contribution in [2.24, 2.45) is 0 Å². The lowest BCUT2D eigenvalue weighted by Gasteiger charge is -2.20. The Morgan fingerprint density at radius 2 is 1.80 bits per heavy atom. The first kappa shape index (κ1) is 14.3. The number of aldehydes is 1. The molecule has 2 aromatic carbocycles. The molecule has 0 atom stereocenters. The number of halogens is 1. The van der Waals surface area contributed by atoms with Gasteiger partial charge in [0.15, 0.2) is 6.29 Å². The Labute approximate surface area is 118 Å². The lowest BCUT2D eigenvalue weighted by Crippen LogP contribution is -2.10. The minimum Gasteiger partial charge on any atom is -0.457 e. The van der Waals surface area contributed by atoms with Gasteiger partial charge >= 0.3 is 0 Å². The number of benzene rings is 2. The van der Waals surface area contributed by atoms with Crippen LogP contribution in [0.3, 0.4) is 0 Å². The zero-order chi connectivity index (χ0) is 14.8. The van der Waals surface area contributed by atoms with E-state index in [0.717, 1.165) is 5.56 Å². The molecule has 0 aliphatic heterocycles. The molecule has 0 saturated carbocycles. The van der Waals surface area contributed by atoms with Crippen molar-refractivity contribution in [1.82, 2.24) is 0 Å². The van der Waals surface area contributed by atoms with E-state index in [4.69, 9.17) is 4.74 Å². The minimum absolute atomic E-state index is 0.00516. The minimum atomic E-state index is -0.579. The molecular formula is C17H17FO2. The second-order valence-electron chi connectivity index (χ2n) is 5.65. The fourth-order valence-electron chi connectivity index (χ4n) is 1.87. The van der Waals surface area contributed by atoms with Crippen LogP contribution in [-0.2, 0) is 5.41 Å². The van der Waals surface area contributed by atoms with E-state index in [1.54, 1.807) is 12.1 Å². The maximum atomic E-state index is 13.5. The van der Waals surface area contributed by atoms with Crippen LogP contribution in [0.25, 0.3) is 0 Å². The van der Waals surface area contributed by atoms with Gasteiger partial charge < -0.3 is 4.74 Å². The highest BCUT2D eigenvalue weighted by atomic mass is 19.1. The average molecular weight is 272 g/mol. The van der Waals surface area contributed by atoms with Crippen LogP contribution in [0.4, 0.5) is 4.39 Å². The first-order valence-electron chi connectivity index (χ1n) is 6.44. The number of carbonyl (C=O) groups is 1. The van der Waals surface area contributed by atoms with E-state index >= 15 is 0 Å². The summed E-state index contributed by atoms with van der Waals surface area (Å²) in [6.07, 6.45) is 0.471. The van der Waals surface area contributed by atoms with Gasteiger partial charge in [0.25, 0.3) is 0 Å². The molecule has 0 aromatic heterocycles. The second kappa shape index (κ2) is 5.45. The normalized spacial score (nSPS) is 11.2. The number of carbonyl (C=O) groups excluding carboxylic acids is 1. The molecular weight excluding hydrogens is 255 g/mol. The molecule has 0 aliphatic rings. The highest BCUT2D eigenvalue weighted by molar-refractivity contribution is 5.79. The summed E-state index contributed by atoms with van der Waals surface area (Å²) < 4.78 is 19.2. The molecule has 0 heterocycles. The van der Waals surface area contributed by atoms with E-state index in [2.05, 4.69) is 20.8 Å². The summed E-state index contributed by atoms with van der Waals surface area (Å²) >= 11 is 0. The number of rotatable bonds is 3. The van der Waals surface area contributed by atoms with Gasteiger partial charge in [0.1, 0.15) is 17.3 Å². The SMILES string of the molecule is CC(C)(C)c1cccc(Oc2cccc(F)c2C=O)c1. The Bertz CT molecular complexity index is 627. The van der Waals surface area contributed by atoms with Crippen LogP contribution in [0.5, 0.6) is 11.5 Å². The van der Waals surface area contributed by atoms with Crippen molar-refractivity contribution in [3.05, 3.63) is 59.4 Å². The van der Waals surface area contributed by atoms with E-state index in [0.29, 0.717) is 12.0 Å². The van der Waals surface area contributed by atoms with Gasteiger partial charge in [-0.25, -0.2) is 4.39 Å². The second-order valence-corrected chi connectivity index (χ2v) is 5.65. The molecule has 2 nitrogen and oxygen atoms in total.